The third-order valence-electron chi connectivity index (χ3n) is 2.45. The van der Waals surface area contributed by atoms with Gasteiger partial charge in [-0.3, -0.25) is 0 Å². The Labute approximate surface area is 106 Å². The Morgan fingerprint density at radius 3 is 2.67 bits per heavy atom. The van der Waals surface area contributed by atoms with Crippen LogP contribution in [-0.2, 0) is 10.0 Å². The van der Waals surface area contributed by atoms with Crippen LogP contribution in [0.4, 0.5) is 0 Å². The first-order valence-electron chi connectivity index (χ1n) is 5.74. The van der Waals surface area contributed by atoms with Crippen LogP contribution < -0.4 is 4.72 Å². The predicted molar refractivity (Wildman–Crippen MR) is 67.0 cm³/mol. The summed E-state index contributed by atoms with van der Waals surface area (Å²) in [5, 5.41) is 8.69. The Hall–Kier alpha value is -1.34. The molecule has 0 aliphatic carbocycles. The number of carboxylic acids is 1. The Morgan fingerprint density at radius 1 is 1.50 bits per heavy atom. The van der Waals surface area contributed by atoms with Crippen molar-refractivity contribution in [2.45, 2.75) is 31.6 Å². The first kappa shape index (κ1) is 14.7. The molecule has 0 saturated heterocycles. The van der Waals surface area contributed by atoms with Crippen molar-refractivity contribution in [3.63, 3.8) is 0 Å². The fourth-order valence-electron chi connectivity index (χ4n) is 1.45. The molecule has 0 atom stereocenters. The van der Waals surface area contributed by atoms with E-state index in [1.165, 1.54) is 6.20 Å². The van der Waals surface area contributed by atoms with E-state index < -0.39 is 16.0 Å². The maximum Gasteiger partial charge on any atom is 0.352 e. The van der Waals surface area contributed by atoms with Gasteiger partial charge in [-0.05, 0) is 24.8 Å². The smallest absolute Gasteiger partial charge is 0.352 e. The van der Waals surface area contributed by atoms with Crippen LogP contribution in [0.5, 0.6) is 0 Å². The Kier molecular flexibility index (Phi) is 4.92. The van der Waals surface area contributed by atoms with E-state index in [1.54, 1.807) is 0 Å². The number of carbonyl (C=O) groups is 1. The summed E-state index contributed by atoms with van der Waals surface area (Å²) in [5.41, 5.74) is -0.141. The molecule has 0 spiro atoms. The molecule has 0 unspecified atom stereocenters. The van der Waals surface area contributed by atoms with Crippen molar-refractivity contribution in [2.24, 2.45) is 5.92 Å². The molecule has 0 saturated carbocycles. The van der Waals surface area contributed by atoms with Crippen LogP contribution in [0, 0.1) is 5.92 Å². The predicted octanol–water partition coefficient (Wildman–Crippen LogP) is 1.43. The molecule has 0 bridgehead atoms. The van der Waals surface area contributed by atoms with Gasteiger partial charge < -0.3 is 10.1 Å². The lowest BCUT2D eigenvalue weighted by molar-refractivity contribution is 0.0691. The molecule has 102 valence electrons. The highest BCUT2D eigenvalue weighted by Gasteiger charge is 2.17. The second-order valence-electron chi connectivity index (χ2n) is 4.49. The van der Waals surface area contributed by atoms with Gasteiger partial charge in [0, 0.05) is 12.7 Å². The average molecular weight is 274 g/mol. The molecule has 3 N–H and O–H groups in total. The zero-order chi connectivity index (χ0) is 13.8. The van der Waals surface area contributed by atoms with Gasteiger partial charge in [0.05, 0.1) is 0 Å². The van der Waals surface area contributed by atoms with Crippen molar-refractivity contribution >= 4 is 16.0 Å². The first-order chi connectivity index (χ1) is 8.33. The maximum absolute atomic E-state index is 11.8. The van der Waals surface area contributed by atoms with Gasteiger partial charge in [-0.25, -0.2) is 17.9 Å². The highest BCUT2D eigenvalue weighted by Crippen LogP contribution is 2.11. The minimum absolute atomic E-state index is 0.0514. The molecule has 0 aliphatic rings. The lowest BCUT2D eigenvalue weighted by atomic mass is 10.1. The number of rotatable bonds is 7. The summed E-state index contributed by atoms with van der Waals surface area (Å²) in [6, 6.07) is 1.10. The van der Waals surface area contributed by atoms with Gasteiger partial charge in [0.25, 0.3) is 0 Å². The summed E-state index contributed by atoms with van der Waals surface area (Å²) in [5.74, 6) is -0.656. The first-order valence-corrected chi connectivity index (χ1v) is 7.22. The van der Waals surface area contributed by atoms with Crippen molar-refractivity contribution in [2.75, 3.05) is 6.54 Å². The number of hydrogen-bond acceptors (Lipinski definition) is 3. The Balaban J connectivity index is 2.60. The van der Waals surface area contributed by atoms with E-state index >= 15 is 0 Å². The van der Waals surface area contributed by atoms with Gasteiger partial charge in [-0.15, -0.1) is 0 Å². The zero-order valence-corrected chi connectivity index (χ0v) is 11.3. The van der Waals surface area contributed by atoms with Gasteiger partial charge in [-0.2, -0.15) is 0 Å². The van der Waals surface area contributed by atoms with Crippen LogP contribution in [0.25, 0.3) is 0 Å². The van der Waals surface area contributed by atoms with E-state index in [4.69, 9.17) is 5.11 Å². The third kappa shape index (κ3) is 4.15. The second kappa shape index (κ2) is 6.01. The highest BCUT2D eigenvalue weighted by molar-refractivity contribution is 7.89. The van der Waals surface area contributed by atoms with Gasteiger partial charge in [0.2, 0.25) is 10.0 Å². The van der Waals surface area contributed by atoms with Crippen LogP contribution in [0.1, 0.15) is 37.2 Å². The second-order valence-corrected chi connectivity index (χ2v) is 6.26. The molecule has 1 aromatic heterocycles. The number of nitrogens with one attached hydrogen (secondary N) is 2. The van der Waals surface area contributed by atoms with Crippen LogP contribution in [0.2, 0.25) is 0 Å². The Morgan fingerprint density at radius 2 is 2.17 bits per heavy atom. The quantitative estimate of drug-likeness (QED) is 0.655. The van der Waals surface area contributed by atoms with E-state index in [0.717, 1.165) is 18.9 Å². The van der Waals surface area contributed by atoms with Crippen LogP contribution in [0.15, 0.2) is 17.2 Å². The third-order valence-corrected chi connectivity index (χ3v) is 3.89. The van der Waals surface area contributed by atoms with E-state index in [1.807, 2.05) is 0 Å². The summed E-state index contributed by atoms with van der Waals surface area (Å²) in [7, 11) is -3.62. The van der Waals surface area contributed by atoms with Crippen molar-refractivity contribution in [3.05, 3.63) is 18.0 Å². The molecular weight excluding hydrogens is 256 g/mol. The summed E-state index contributed by atoms with van der Waals surface area (Å²) < 4.78 is 26.0. The van der Waals surface area contributed by atoms with Crippen molar-refractivity contribution in [1.82, 2.24) is 9.71 Å². The van der Waals surface area contributed by atoms with E-state index in [2.05, 4.69) is 23.6 Å². The Bertz CT molecular complexity index is 505. The molecule has 0 radical (unpaired) electrons. The van der Waals surface area contributed by atoms with Crippen LogP contribution >= 0.6 is 0 Å². The lowest BCUT2D eigenvalue weighted by Crippen LogP contribution is -2.24. The average Bonchev–Trinajstić information content (AvgIpc) is 2.74. The summed E-state index contributed by atoms with van der Waals surface area (Å²) >= 11 is 0. The van der Waals surface area contributed by atoms with Gasteiger partial charge in [-0.1, -0.05) is 13.8 Å². The molecule has 0 amide bonds. The molecular formula is C11H18N2O4S. The topological polar surface area (TPSA) is 99.3 Å². The van der Waals surface area contributed by atoms with Crippen molar-refractivity contribution in [3.8, 4) is 0 Å². The molecule has 1 heterocycles. The molecule has 1 aromatic rings. The largest absolute Gasteiger partial charge is 0.477 e. The number of sulfonamides is 1. The van der Waals surface area contributed by atoms with Crippen molar-refractivity contribution in [1.29, 1.82) is 0 Å². The van der Waals surface area contributed by atoms with Crippen molar-refractivity contribution < 1.29 is 18.3 Å². The van der Waals surface area contributed by atoms with E-state index in [9.17, 15) is 13.2 Å². The number of aromatic nitrogens is 1. The summed E-state index contributed by atoms with van der Waals surface area (Å²) in [6.45, 7) is 4.49. The molecule has 0 fully saturated rings. The molecule has 6 nitrogen and oxygen atoms in total. The number of H-pyrrole nitrogens is 1. The van der Waals surface area contributed by atoms with E-state index in [0.29, 0.717) is 12.5 Å². The monoisotopic (exact) mass is 274 g/mol. The minimum Gasteiger partial charge on any atom is -0.477 e. The normalized spacial score (nSPS) is 11.9. The highest BCUT2D eigenvalue weighted by atomic mass is 32.2. The number of aromatic amines is 1. The lowest BCUT2D eigenvalue weighted by Gasteiger charge is -2.06. The number of hydrogen-bond donors (Lipinski definition) is 3. The molecule has 0 aromatic carbocycles. The van der Waals surface area contributed by atoms with Gasteiger partial charge in [0.15, 0.2) is 0 Å². The van der Waals surface area contributed by atoms with Crippen LogP contribution in [-0.4, -0.2) is 31.0 Å². The van der Waals surface area contributed by atoms with Gasteiger partial charge in [0.1, 0.15) is 10.6 Å². The van der Waals surface area contributed by atoms with E-state index in [-0.39, 0.29) is 10.6 Å². The number of aromatic carboxylic acids is 1. The number of carboxylic acid groups (broad SMARTS) is 1. The standard InChI is InChI=1S/C11H18N2O4S/c1-8(2)4-3-5-13-18(16,17)9-6-10(11(14)15)12-7-9/h6-8,12-13H,3-5H2,1-2H3,(H,14,15). The molecule has 18 heavy (non-hydrogen) atoms. The molecule has 7 heteroatoms. The fraction of sp³-hybridized carbons (Fsp3) is 0.545. The SMILES string of the molecule is CC(C)CCCNS(=O)(=O)c1c[nH]c(C(=O)O)c1. The fourth-order valence-corrected chi connectivity index (χ4v) is 2.52. The summed E-state index contributed by atoms with van der Waals surface area (Å²) in [4.78, 5) is 13.0. The molecule has 1 rings (SSSR count). The van der Waals surface area contributed by atoms with Gasteiger partial charge >= 0.3 is 5.97 Å². The maximum atomic E-state index is 11.8. The molecule has 0 aliphatic heterocycles. The zero-order valence-electron chi connectivity index (χ0n) is 10.4. The summed E-state index contributed by atoms with van der Waals surface area (Å²) in [6.07, 6.45) is 2.87. The van der Waals surface area contributed by atoms with Crippen LogP contribution in [0.3, 0.4) is 0 Å². The minimum atomic E-state index is -3.62.